The van der Waals surface area contributed by atoms with E-state index in [0.29, 0.717) is 29.2 Å². The van der Waals surface area contributed by atoms with Crippen molar-refractivity contribution in [1.29, 1.82) is 0 Å². The maximum Gasteiger partial charge on any atom is 0.218 e. The molecular weight excluding hydrogens is 387 g/mol. The number of hydrogen-bond acceptors (Lipinski definition) is 6. The van der Waals surface area contributed by atoms with Crippen molar-refractivity contribution >= 4 is 51.5 Å². The molecule has 0 amide bonds. The van der Waals surface area contributed by atoms with E-state index < -0.39 is 10.8 Å². The van der Waals surface area contributed by atoms with Crippen LogP contribution in [0, 0.1) is 19.8 Å². The number of nitrogens with one attached hydrogen (secondary N) is 1. The Bertz CT molecular complexity index is 991. The predicted octanol–water partition coefficient (Wildman–Crippen LogP) is 2.94. The number of aryl methyl sites for hydroxylation is 1. The molecule has 0 aliphatic rings. The molecule has 0 saturated heterocycles. The number of hydrogen-bond donors (Lipinski definition) is 1. The zero-order valence-corrected chi connectivity index (χ0v) is 20.0. The van der Waals surface area contributed by atoms with Crippen molar-refractivity contribution in [3.63, 3.8) is 0 Å². The average molecular weight is 411 g/mol. The Labute approximate surface area is 189 Å². The molecule has 7 nitrogen and oxygen atoms in total. The summed E-state index contributed by atoms with van der Waals surface area (Å²) in [6.07, 6.45) is 1.65. The number of fused-ring (bicyclic) bond motifs is 1. The number of nitrogens with zero attached hydrogens (tertiary/aromatic N) is 3. The summed E-state index contributed by atoms with van der Waals surface area (Å²) in [5.41, 5.74) is 3.75. The largest absolute Gasteiger partial charge is 0.496 e. The van der Waals surface area contributed by atoms with Crippen LogP contribution in [0.3, 0.4) is 0 Å². The second kappa shape index (κ2) is 9.82. The molecule has 3 aromatic rings. The summed E-state index contributed by atoms with van der Waals surface area (Å²) in [5.74, 6) is 1.94. The first-order valence-corrected chi connectivity index (χ1v) is 10.1. The van der Waals surface area contributed by atoms with E-state index >= 15 is 0 Å². The van der Waals surface area contributed by atoms with Crippen LogP contribution < -0.4 is 9.47 Å². The van der Waals surface area contributed by atoms with Crippen LogP contribution in [-0.4, -0.2) is 67.4 Å². The minimum absolute atomic E-state index is 0. The smallest absolute Gasteiger partial charge is 0.218 e. The Kier molecular flexibility index (Phi) is 8.00. The first kappa shape index (κ1) is 22.8. The SMILES string of the molecule is COc1ccnc(CS(=O)c2nc3nc(OCC(C)C)c(C)cc3[nH]2)c1C.[Na]. The molecule has 0 bridgehead atoms. The van der Waals surface area contributed by atoms with Gasteiger partial charge >= 0.3 is 0 Å². The fourth-order valence-corrected chi connectivity index (χ4v) is 3.71. The van der Waals surface area contributed by atoms with E-state index in [9.17, 15) is 4.21 Å². The number of aromatic amines is 1. The first-order chi connectivity index (χ1) is 12.9. The van der Waals surface area contributed by atoms with Crippen LogP contribution in [0.25, 0.3) is 11.2 Å². The third-order valence-electron chi connectivity index (χ3n) is 4.11. The number of methoxy groups -OCH3 is 1. The van der Waals surface area contributed by atoms with Gasteiger partial charge in [0.05, 0.1) is 41.5 Å². The van der Waals surface area contributed by atoms with E-state index in [4.69, 9.17) is 9.47 Å². The van der Waals surface area contributed by atoms with Gasteiger partial charge in [-0.1, -0.05) is 13.8 Å². The van der Waals surface area contributed by atoms with Crippen molar-refractivity contribution in [2.75, 3.05) is 13.7 Å². The summed E-state index contributed by atoms with van der Waals surface area (Å²) >= 11 is 0. The molecule has 1 atom stereocenters. The zero-order valence-electron chi connectivity index (χ0n) is 17.2. The summed E-state index contributed by atoms with van der Waals surface area (Å²) in [4.78, 5) is 16.3. The van der Waals surface area contributed by atoms with Gasteiger partial charge in [-0.15, -0.1) is 0 Å². The van der Waals surface area contributed by atoms with Crippen molar-refractivity contribution in [3.8, 4) is 11.6 Å². The summed E-state index contributed by atoms with van der Waals surface area (Å²) in [7, 11) is 0.229. The third-order valence-corrected chi connectivity index (χ3v) is 5.27. The average Bonchev–Trinajstić information content (AvgIpc) is 3.04. The molecule has 1 radical (unpaired) electrons. The molecule has 1 N–H and O–H groups in total. The molecule has 0 fully saturated rings. The van der Waals surface area contributed by atoms with Gasteiger partial charge in [-0.05, 0) is 31.9 Å². The van der Waals surface area contributed by atoms with Gasteiger partial charge in [-0.25, -0.2) is 4.98 Å². The van der Waals surface area contributed by atoms with Crippen LogP contribution in [0.4, 0.5) is 0 Å². The van der Waals surface area contributed by atoms with Crippen LogP contribution in [-0.2, 0) is 16.6 Å². The summed E-state index contributed by atoms with van der Waals surface area (Å²) < 4.78 is 23.8. The number of rotatable bonds is 7. The van der Waals surface area contributed by atoms with Crippen LogP contribution in [0.1, 0.15) is 30.7 Å². The molecular formula is C19H24N4NaO3S. The Balaban J connectivity index is 0.00000280. The van der Waals surface area contributed by atoms with Crippen LogP contribution >= 0.6 is 0 Å². The van der Waals surface area contributed by atoms with Crippen molar-refractivity contribution in [2.24, 2.45) is 5.92 Å². The Morgan fingerprint density at radius 3 is 2.68 bits per heavy atom. The molecule has 1 unspecified atom stereocenters. The molecule has 9 heteroatoms. The van der Waals surface area contributed by atoms with Crippen molar-refractivity contribution in [2.45, 2.75) is 38.6 Å². The first-order valence-electron chi connectivity index (χ1n) is 8.76. The van der Waals surface area contributed by atoms with E-state index in [1.54, 1.807) is 19.4 Å². The number of ether oxygens (including phenoxy) is 2. The fourth-order valence-electron chi connectivity index (χ4n) is 2.62. The van der Waals surface area contributed by atoms with Crippen LogP contribution in [0.5, 0.6) is 11.6 Å². The Morgan fingerprint density at radius 2 is 2.00 bits per heavy atom. The quantitative estimate of drug-likeness (QED) is 0.601. The monoisotopic (exact) mass is 411 g/mol. The molecule has 0 aromatic carbocycles. The standard InChI is InChI=1S/C19H24N4O3S.Na/c1-11(2)9-26-18-12(3)8-14-17(22-18)23-19(21-14)27(24)10-15-13(4)16(25-5)6-7-20-15;/h6-8,11H,9-10H2,1-5H3,(H,21,22,23);. The maximum atomic E-state index is 12.8. The van der Waals surface area contributed by atoms with Gasteiger partial charge in [0.15, 0.2) is 10.8 Å². The molecule has 3 aromatic heterocycles. The summed E-state index contributed by atoms with van der Waals surface area (Å²) in [6, 6.07) is 3.70. The van der Waals surface area contributed by atoms with E-state index in [2.05, 4.69) is 33.8 Å². The molecule has 0 aliphatic heterocycles. The van der Waals surface area contributed by atoms with Crippen LogP contribution in [0.15, 0.2) is 23.5 Å². The van der Waals surface area contributed by atoms with Gasteiger partial charge in [-0.2, -0.15) is 4.98 Å². The van der Waals surface area contributed by atoms with Gasteiger partial charge in [0.2, 0.25) is 5.88 Å². The second-order valence-corrected chi connectivity index (χ2v) is 8.17. The zero-order chi connectivity index (χ0) is 19.6. The van der Waals surface area contributed by atoms with Gasteiger partial charge in [-0.3, -0.25) is 9.19 Å². The minimum Gasteiger partial charge on any atom is -0.496 e. The van der Waals surface area contributed by atoms with Gasteiger partial charge in [0.1, 0.15) is 5.75 Å². The van der Waals surface area contributed by atoms with Gasteiger partial charge in [0.25, 0.3) is 0 Å². The number of pyridine rings is 2. The molecule has 28 heavy (non-hydrogen) atoms. The van der Waals surface area contributed by atoms with E-state index in [0.717, 1.165) is 28.1 Å². The molecule has 145 valence electrons. The molecule has 3 rings (SSSR count). The third kappa shape index (κ3) is 5.11. The molecule has 0 aliphatic carbocycles. The predicted molar refractivity (Wildman–Crippen MR) is 110 cm³/mol. The maximum absolute atomic E-state index is 12.8. The minimum atomic E-state index is -1.38. The molecule has 3 heterocycles. The van der Waals surface area contributed by atoms with Crippen molar-refractivity contribution in [3.05, 3.63) is 35.2 Å². The summed E-state index contributed by atoms with van der Waals surface area (Å²) in [6.45, 7) is 8.59. The van der Waals surface area contributed by atoms with E-state index in [-0.39, 0.29) is 35.3 Å². The Morgan fingerprint density at radius 1 is 1.25 bits per heavy atom. The van der Waals surface area contributed by atoms with Crippen LogP contribution in [0.2, 0.25) is 0 Å². The second-order valence-electron chi connectivity index (χ2n) is 6.80. The van der Waals surface area contributed by atoms with Crippen molar-refractivity contribution in [1.82, 2.24) is 19.9 Å². The fraction of sp³-hybridized carbons (Fsp3) is 0.421. The van der Waals surface area contributed by atoms with Gasteiger partial charge in [0, 0.05) is 46.9 Å². The number of H-pyrrole nitrogens is 1. The molecule has 0 spiro atoms. The number of imidazole rings is 1. The van der Waals surface area contributed by atoms with E-state index in [1.807, 2.05) is 19.9 Å². The van der Waals surface area contributed by atoms with Gasteiger partial charge < -0.3 is 14.5 Å². The van der Waals surface area contributed by atoms with Crippen molar-refractivity contribution < 1.29 is 13.7 Å². The Hall–Kier alpha value is -1.48. The summed E-state index contributed by atoms with van der Waals surface area (Å²) in [5, 5.41) is 0.377. The van der Waals surface area contributed by atoms with E-state index in [1.165, 1.54) is 0 Å². The normalized spacial score (nSPS) is 12.1. The topological polar surface area (TPSA) is 90.0 Å². The molecule has 0 saturated carbocycles. The number of aromatic nitrogens is 4.